The van der Waals surface area contributed by atoms with Gasteiger partial charge in [-0.2, -0.15) is 0 Å². The first-order chi connectivity index (χ1) is 9.97. The number of amides is 2. The van der Waals surface area contributed by atoms with E-state index in [0.717, 1.165) is 13.0 Å². The van der Waals surface area contributed by atoms with Crippen molar-refractivity contribution >= 4 is 17.5 Å². The van der Waals surface area contributed by atoms with E-state index in [9.17, 15) is 9.59 Å². The molecule has 6 nitrogen and oxygen atoms in total. The fraction of sp³-hybridized carbons (Fsp3) is 0.467. The molecule has 0 spiro atoms. The summed E-state index contributed by atoms with van der Waals surface area (Å²) in [5, 5.41) is 5.61. The third-order valence-electron chi connectivity index (χ3n) is 3.24. The molecule has 0 fully saturated rings. The van der Waals surface area contributed by atoms with Gasteiger partial charge >= 0.3 is 0 Å². The van der Waals surface area contributed by atoms with Gasteiger partial charge in [0.1, 0.15) is 5.75 Å². The van der Waals surface area contributed by atoms with Gasteiger partial charge in [-0.1, -0.05) is 0 Å². The molecule has 1 aliphatic rings. The lowest BCUT2D eigenvalue weighted by Gasteiger charge is -2.23. The molecule has 0 bridgehead atoms. The van der Waals surface area contributed by atoms with Gasteiger partial charge in [0.25, 0.3) is 11.8 Å². The van der Waals surface area contributed by atoms with Crippen molar-refractivity contribution < 1.29 is 14.3 Å². The van der Waals surface area contributed by atoms with Gasteiger partial charge in [0.2, 0.25) is 0 Å². The van der Waals surface area contributed by atoms with Gasteiger partial charge in [-0.25, -0.2) is 0 Å². The molecular weight excluding hydrogens is 270 g/mol. The second-order valence-electron chi connectivity index (χ2n) is 5.37. The smallest absolute Gasteiger partial charge is 0.265 e. The normalized spacial score (nSPS) is 17.0. The molecule has 21 heavy (non-hydrogen) atoms. The number of benzene rings is 1. The molecule has 1 atom stereocenters. The van der Waals surface area contributed by atoms with Crippen molar-refractivity contribution in [3.63, 3.8) is 0 Å². The number of nitrogens with zero attached hydrogens (tertiary/aromatic N) is 1. The summed E-state index contributed by atoms with van der Waals surface area (Å²) >= 11 is 0. The van der Waals surface area contributed by atoms with E-state index in [0.29, 0.717) is 23.5 Å². The quantitative estimate of drug-likeness (QED) is 0.797. The fourth-order valence-corrected chi connectivity index (χ4v) is 2.04. The van der Waals surface area contributed by atoms with Crippen LogP contribution in [0.1, 0.15) is 23.7 Å². The van der Waals surface area contributed by atoms with Crippen LogP contribution in [0, 0.1) is 0 Å². The standard InChI is InChI=1S/C15H21N3O3/c1-10-14(19)17-12-6-5-11(9-13(12)21-10)15(20)16-7-4-8-18(2)3/h5-6,9-10H,4,7-8H2,1-3H3,(H,16,20)(H,17,19). The van der Waals surface area contributed by atoms with Gasteiger partial charge in [-0.15, -0.1) is 0 Å². The van der Waals surface area contributed by atoms with Crippen molar-refractivity contribution in [2.75, 3.05) is 32.5 Å². The van der Waals surface area contributed by atoms with Gasteiger partial charge in [-0.3, -0.25) is 9.59 Å². The van der Waals surface area contributed by atoms with Crippen molar-refractivity contribution in [3.8, 4) is 5.75 Å². The van der Waals surface area contributed by atoms with Crippen molar-refractivity contribution in [1.29, 1.82) is 0 Å². The van der Waals surface area contributed by atoms with Crippen molar-refractivity contribution in [2.24, 2.45) is 0 Å². The minimum Gasteiger partial charge on any atom is -0.479 e. The Hall–Kier alpha value is -2.08. The zero-order valence-electron chi connectivity index (χ0n) is 12.6. The largest absolute Gasteiger partial charge is 0.479 e. The van der Waals surface area contributed by atoms with Crippen LogP contribution in [0.2, 0.25) is 0 Å². The molecule has 1 aliphatic heterocycles. The van der Waals surface area contributed by atoms with Crippen molar-refractivity contribution in [1.82, 2.24) is 10.2 Å². The maximum Gasteiger partial charge on any atom is 0.265 e. The minimum absolute atomic E-state index is 0.135. The molecule has 0 aromatic heterocycles. The first kappa shape index (κ1) is 15.3. The average Bonchev–Trinajstić information content (AvgIpc) is 2.44. The highest BCUT2D eigenvalue weighted by Crippen LogP contribution is 2.30. The number of fused-ring (bicyclic) bond motifs is 1. The summed E-state index contributed by atoms with van der Waals surface area (Å²) in [6.07, 6.45) is 0.351. The second-order valence-corrected chi connectivity index (χ2v) is 5.37. The average molecular weight is 291 g/mol. The number of hydrogen-bond donors (Lipinski definition) is 2. The molecule has 1 aromatic rings. The molecule has 0 saturated heterocycles. The lowest BCUT2D eigenvalue weighted by molar-refractivity contribution is -0.122. The van der Waals surface area contributed by atoms with E-state index in [4.69, 9.17) is 4.74 Å². The lowest BCUT2D eigenvalue weighted by atomic mass is 10.1. The Morgan fingerprint density at radius 3 is 2.90 bits per heavy atom. The SMILES string of the molecule is CC1Oc2cc(C(=O)NCCCN(C)C)ccc2NC1=O. The van der Waals surface area contributed by atoms with Gasteiger partial charge in [-0.05, 0) is 52.2 Å². The summed E-state index contributed by atoms with van der Waals surface area (Å²) in [6, 6.07) is 5.03. The second kappa shape index (κ2) is 6.58. The maximum absolute atomic E-state index is 12.1. The molecular formula is C15H21N3O3. The van der Waals surface area contributed by atoms with Gasteiger partial charge in [0.05, 0.1) is 5.69 Å². The van der Waals surface area contributed by atoms with E-state index in [1.807, 2.05) is 14.1 Å². The predicted octanol–water partition coefficient (Wildman–Crippen LogP) is 1.09. The van der Waals surface area contributed by atoms with Crippen LogP contribution < -0.4 is 15.4 Å². The zero-order chi connectivity index (χ0) is 15.4. The van der Waals surface area contributed by atoms with Gasteiger partial charge < -0.3 is 20.3 Å². The number of ether oxygens (including phenoxy) is 1. The fourth-order valence-electron chi connectivity index (χ4n) is 2.04. The Morgan fingerprint density at radius 1 is 1.43 bits per heavy atom. The Morgan fingerprint density at radius 2 is 2.19 bits per heavy atom. The molecule has 0 saturated carbocycles. The van der Waals surface area contributed by atoms with E-state index in [-0.39, 0.29) is 11.8 Å². The molecule has 2 amide bonds. The van der Waals surface area contributed by atoms with Crippen LogP contribution in [-0.4, -0.2) is 50.0 Å². The van der Waals surface area contributed by atoms with E-state index < -0.39 is 6.10 Å². The van der Waals surface area contributed by atoms with Crippen LogP contribution in [0.15, 0.2) is 18.2 Å². The van der Waals surface area contributed by atoms with Crippen LogP contribution in [0.4, 0.5) is 5.69 Å². The summed E-state index contributed by atoms with van der Waals surface area (Å²) in [7, 11) is 4.00. The van der Waals surface area contributed by atoms with Crippen LogP contribution >= 0.6 is 0 Å². The van der Waals surface area contributed by atoms with E-state index in [1.165, 1.54) is 0 Å². The molecule has 6 heteroatoms. The predicted molar refractivity (Wildman–Crippen MR) is 80.7 cm³/mol. The van der Waals surface area contributed by atoms with Crippen LogP contribution in [0.3, 0.4) is 0 Å². The molecule has 2 N–H and O–H groups in total. The van der Waals surface area contributed by atoms with Crippen molar-refractivity contribution in [2.45, 2.75) is 19.4 Å². The molecule has 2 rings (SSSR count). The highest BCUT2D eigenvalue weighted by molar-refractivity contribution is 6.00. The van der Waals surface area contributed by atoms with Crippen molar-refractivity contribution in [3.05, 3.63) is 23.8 Å². The number of hydrogen-bond acceptors (Lipinski definition) is 4. The number of carbonyl (C=O) groups excluding carboxylic acids is 2. The topological polar surface area (TPSA) is 70.7 Å². The molecule has 1 aromatic carbocycles. The maximum atomic E-state index is 12.1. The molecule has 1 unspecified atom stereocenters. The summed E-state index contributed by atoms with van der Waals surface area (Å²) in [4.78, 5) is 25.6. The number of anilines is 1. The molecule has 0 radical (unpaired) electrons. The summed E-state index contributed by atoms with van der Waals surface area (Å²) < 4.78 is 5.49. The Balaban J connectivity index is 1.97. The van der Waals surface area contributed by atoms with E-state index in [1.54, 1.807) is 25.1 Å². The summed E-state index contributed by atoms with van der Waals surface area (Å²) in [5.74, 6) is 0.219. The number of carbonyl (C=O) groups is 2. The third-order valence-corrected chi connectivity index (χ3v) is 3.24. The van der Waals surface area contributed by atoms with Crippen LogP contribution in [0.25, 0.3) is 0 Å². The third kappa shape index (κ3) is 3.95. The first-order valence-corrected chi connectivity index (χ1v) is 7.02. The van der Waals surface area contributed by atoms with Gasteiger partial charge in [0, 0.05) is 12.1 Å². The highest BCUT2D eigenvalue weighted by Gasteiger charge is 2.24. The number of rotatable bonds is 5. The minimum atomic E-state index is -0.545. The van der Waals surface area contributed by atoms with Crippen LogP contribution in [0.5, 0.6) is 5.75 Å². The van der Waals surface area contributed by atoms with Crippen LogP contribution in [-0.2, 0) is 4.79 Å². The molecule has 114 valence electrons. The summed E-state index contributed by atoms with van der Waals surface area (Å²) in [6.45, 7) is 3.23. The highest BCUT2D eigenvalue weighted by atomic mass is 16.5. The van der Waals surface area contributed by atoms with E-state index >= 15 is 0 Å². The first-order valence-electron chi connectivity index (χ1n) is 7.02. The molecule has 0 aliphatic carbocycles. The Kier molecular flexibility index (Phi) is 4.80. The monoisotopic (exact) mass is 291 g/mol. The summed E-state index contributed by atoms with van der Waals surface area (Å²) in [5.41, 5.74) is 1.13. The van der Waals surface area contributed by atoms with E-state index in [2.05, 4.69) is 15.5 Å². The Bertz CT molecular complexity index is 543. The van der Waals surface area contributed by atoms with Gasteiger partial charge in [0.15, 0.2) is 6.10 Å². The lowest BCUT2D eigenvalue weighted by Crippen LogP contribution is -2.34. The Labute approximate surface area is 124 Å². The number of nitrogens with one attached hydrogen (secondary N) is 2. The zero-order valence-corrected chi connectivity index (χ0v) is 12.6. The molecule has 1 heterocycles.